The van der Waals surface area contributed by atoms with E-state index < -0.39 is 28.5 Å². The molecule has 1 atom stereocenters. The zero-order valence-electron chi connectivity index (χ0n) is 22.3. The van der Waals surface area contributed by atoms with E-state index in [1.807, 2.05) is 44.2 Å². The number of hydrogen-bond donors (Lipinski definition) is 1. The molecule has 2 aromatic rings. The lowest BCUT2D eigenvalue weighted by molar-refractivity contribution is -0.140. The minimum Gasteiger partial charge on any atom is -0.497 e. The minimum atomic E-state index is -3.76. The van der Waals surface area contributed by atoms with Crippen molar-refractivity contribution in [1.82, 2.24) is 10.2 Å². The minimum absolute atomic E-state index is 0.101. The van der Waals surface area contributed by atoms with E-state index in [0.717, 1.165) is 47.4 Å². The zero-order chi connectivity index (χ0) is 27.0. The molecule has 0 radical (unpaired) electrons. The molecular formula is C28H39N3O5S. The molecule has 9 heteroatoms. The second kappa shape index (κ2) is 12.9. The number of nitrogens with zero attached hydrogens (tertiary/aromatic N) is 2. The largest absolute Gasteiger partial charge is 0.497 e. The lowest BCUT2D eigenvalue weighted by Crippen LogP contribution is -2.53. The van der Waals surface area contributed by atoms with Crippen molar-refractivity contribution in [2.24, 2.45) is 0 Å². The fraction of sp³-hybridized carbons (Fsp3) is 0.500. The van der Waals surface area contributed by atoms with Crippen molar-refractivity contribution < 1.29 is 22.7 Å². The average Bonchev–Trinajstić information content (AvgIpc) is 2.87. The van der Waals surface area contributed by atoms with Gasteiger partial charge >= 0.3 is 0 Å². The van der Waals surface area contributed by atoms with E-state index in [0.29, 0.717) is 17.9 Å². The molecule has 1 saturated carbocycles. The van der Waals surface area contributed by atoms with Gasteiger partial charge in [-0.1, -0.05) is 50.5 Å². The van der Waals surface area contributed by atoms with Crippen LogP contribution in [0.5, 0.6) is 5.75 Å². The first kappa shape index (κ1) is 28.5. The number of rotatable bonds is 11. The van der Waals surface area contributed by atoms with Crippen molar-refractivity contribution in [3.8, 4) is 5.75 Å². The number of hydrogen-bond acceptors (Lipinski definition) is 5. The summed E-state index contributed by atoms with van der Waals surface area (Å²) < 4.78 is 31.9. The zero-order valence-corrected chi connectivity index (χ0v) is 23.1. The standard InChI is InChI=1S/C28H39N3O5S/c1-5-26(28(33)29-23-13-7-6-8-14-23)30(19-22-12-10-16-25(18-22)36-3)27(32)20-31(37(4,34)35)24-15-9-11-21(2)17-24/h9-12,15-18,23,26H,5-8,13-14,19-20H2,1-4H3,(H,29,33)/t26-/m0/s1. The number of methoxy groups -OCH3 is 1. The molecule has 0 unspecified atom stereocenters. The molecule has 2 aromatic carbocycles. The Kier molecular flexibility index (Phi) is 9.97. The van der Waals surface area contributed by atoms with Crippen LogP contribution in [0.15, 0.2) is 48.5 Å². The van der Waals surface area contributed by atoms with Crippen LogP contribution in [0, 0.1) is 6.92 Å². The van der Waals surface area contributed by atoms with Gasteiger partial charge in [-0.3, -0.25) is 13.9 Å². The number of amides is 2. The maximum atomic E-state index is 13.8. The van der Waals surface area contributed by atoms with E-state index in [1.54, 1.807) is 25.3 Å². The third-order valence-electron chi connectivity index (χ3n) is 6.79. The Bertz CT molecular complexity index is 1180. The summed E-state index contributed by atoms with van der Waals surface area (Å²) in [4.78, 5) is 28.8. The predicted molar refractivity (Wildman–Crippen MR) is 146 cm³/mol. The number of anilines is 1. The molecule has 3 rings (SSSR count). The van der Waals surface area contributed by atoms with Gasteiger partial charge in [0.05, 0.1) is 19.1 Å². The Hall–Kier alpha value is -3.07. The van der Waals surface area contributed by atoms with E-state index >= 15 is 0 Å². The van der Waals surface area contributed by atoms with Gasteiger partial charge in [0, 0.05) is 12.6 Å². The highest BCUT2D eigenvalue weighted by Gasteiger charge is 2.32. The SMILES string of the molecule is CC[C@@H](C(=O)NC1CCCCC1)N(Cc1cccc(OC)c1)C(=O)CN(c1cccc(C)c1)S(C)(=O)=O. The molecule has 0 aliphatic heterocycles. The van der Waals surface area contributed by atoms with Crippen LogP contribution in [0.4, 0.5) is 5.69 Å². The summed E-state index contributed by atoms with van der Waals surface area (Å²) in [7, 11) is -2.19. The summed E-state index contributed by atoms with van der Waals surface area (Å²) >= 11 is 0. The number of carbonyl (C=O) groups is 2. The monoisotopic (exact) mass is 529 g/mol. The molecule has 1 N–H and O–H groups in total. The Balaban J connectivity index is 1.92. The van der Waals surface area contributed by atoms with Crippen LogP contribution in [0.3, 0.4) is 0 Å². The number of nitrogens with one attached hydrogen (secondary N) is 1. The van der Waals surface area contributed by atoms with Gasteiger partial charge in [0.25, 0.3) is 0 Å². The van der Waals surface area contributed by atoms with Crippen molar-refractivity contribution in [2.45, 2.75) is 71.0 Å². The molecule has 0 heterocycles. The third kappa shape index (κ3) is 7.95. The summed E-state index contributed by atoms with van der Waals surface area (Å²) in [6, 6.07) is 13.7. The van der Waals surface area contributed by atoms with Gasteiger partial charge in [-0.05, 0) is 61.6 Å². The number of aryl methyl sites for hydroxylation is 1. The summed E-state index contributed by atoms with van der Waals surface area (Å²) in [6.45, 7) is 3.48. The van der Waals surface area contributed by atoms with Gasteiger partial charge in [-0.2, -0.15) is 0 Å². The van der Waals surface area contributed by atoms with E-state index in [9.17, 15) is 18.0 Å². The molecule has 37 heavy (non-hydrogen) atoms. The molecule has 0 aromatic heterocycles. The molecule has 0 bridgehead atoms. The fourth-order valence-electron chi connectivity index (χ4n) is 4.83. The Morgan fingerprint density at radius 2 is 1.78 bits per heavy atom. The van der Waals surface area contributed by atoms with Crippen LogP contribution in [-0.2, 0) is 26.2 Å². The van der Waals surface area contributed by atoms with Gasteiger partial charge in [0.2, 0.25) is 21.8 Å². The molecule has 1 fully saturated rings. The Labute approximate surface area is 221 Å². The smallest absolute Gasteiger partial charge is 0.244 e. The van der Waals surface area contributed by atoms with E-state index in [-0.39, 0.29) is 18.5 Å². The first-order chi connectivity index (χ1) is 17.6. The third-order valence-corrected chi connectivity index (χ3v) is 7.93. The van der Waals surface area contributed by atoms with Crippen LogP contribution in [0.1, 0.15) is 56.6 Å². The molecule has 0 saturated heterocycles. The van der Waals surface area contributed by atoms with Crippen molar-refractivity contribution in [2.75, 3.05) is 24.2 Å². The lowest BCUT2D eigenvalue weighted by atomic mass is 9.95. The van der Waals surface area contributed by atoms with E-state index in [2.05, 4.69) is 5.32 Å². The van der Waals surface area contributed by atoms with Crippen LogP contribution >= 0.6 is 0 Å². The highest BCUT2D eigenvalue weighted by Crippen LogP contribution is 2.23. The van der Waals surface area contributed by atoms with Crippen molar-refractivity contribution in [1.29, 1.82) is 0 Å². The summed E-state index contributed by atoms with van der Waals surface area (Å²) in [5.41, 5.74) is 2.08. The van der Waals surface area contributed by atoms with Gasteiger partial charge in [-0.15, -0.1) is 0 Å². The van der Waals surface area contributed by atoms with Crippen molar-refractivity contribution >= 4 is 27.5 Å². The average molecular weight is 530 g/mol. The van der Waals surface area contributed by atoms with Gasteiger partial charge in [0.15, 0.2) is 0 Å². The van der Waals surface area contributed by atoms with Gasteiger partial charge in [0.1, 0.15) is 18.3 Å². The lowest BCUT2D eigenvalue weighted by Gasteiger charge is -2.34. The summed E-state index contributed by atoms with van der Waals surface area (Å²) in [5, 5.41) is 3.15. The highest BCUT2D eigenvalue weighted by molar-refractivity contribution is 7.92. The first-order valence-corrected chi connectivity index (χ1v) is 14.7. The number of carbonyl (C=O) groups excluding carboxylic acids is 2. The Morgan fingerprint density at radius 3 is 2.41 bits per heavy atom. The Morgan fingerprint density at radius 1 is 1.08 bits per heavy atom. The molecule has 8 nitrogen and oxygen atoms in total. The fourth-order valence-corrected chi connectivity index (χ4v) is 5.67. The normalized spacial score (nSPS) is 15.0. The van der Waals surface area contributed by atoms with Gasteiger partial charge < -0.3 is 15.0 Å². The predicted octanol–water partition coefficient (Wildman–Crippen LogP) is 4.03. The van der Waals surface area contributed by atoms with Crippen LogP contribution in [-0.4, -0.2) is 57.1 Å². The van der Waals surface area contributed by atoms with E-state index in [1.165, 1.54) is 11.3 Å². The molecular weight excluding hydrogens is 490 g/mol. The maximum Gasteiger partial charge on any atom is 0.244 e. The molecule has 202 valence electrons. The first-order valence-electron chi connectivity index (χ1n) is 12.9. The molecule has 0 spiro atoms. The maximum absolute atomic E-state index is 13.8. The topological polar surface area (TPSA) is 96.0 Å². The van der Waals surface area contributed by atoms with E-state index in [4.69, 9.17) is 4.74 Å². The quantitative estimate of drug-likeness (QED) is 0.474. The van der Waals surface area contributed by atoms with Crippen LogP contribution < -0.4 is 14.4 Å². The van der Waals surface area contributed by atoms with Crippen molar-refractivity contribution in [3.05, 3.63) is 59.7 Å². The summed E-state index contributed by atoms with van der Waals surface area (Å²) in [5.74, 6) is -0.00497. The highest BCUT2D eigenvalue weighted by atomic mass is 32.2. The second-order valence-corrected chi connectivity index (χ2v) is 11.7. The molecule has 2 amide bonds. The second-order valence-electron chi connectivity index (χ2n) is 9.75. The summed E-state index contributed by atoms with van der Waals surface area (Å²) in [6.07, 6.45) is 6.68. The molecule has 1 aliphatic rings. The van der Waals surface area contributed by atoms with Crippen molar-refractivity contribution in [3.63, 3.8) is 0 Å². The number of benzene rings is 2. The van der Waals surface area contributed by atoms with Crippen LogP contribution in [0.2, 0.25) is 0 Å². The number of ether oxygens (including phenoxy) is 1. The molecule has 1 aliphatic carbocycles. The van der Waals surface area contributed by atoms with Gasteiger partial charge in [-0.25, -0.2) is 8.42 Å². The number of sulfonamides is 1. The van der Waals surface area contributed by atoms with Crippen LogP contribution in [0.25, 0.3) is 0 Å².